The molecule has 2 aromatic rings. The van der Waals surface area contributed by atoms with Crippen LogP contribution in [-0.2, 0) is 0 Å². The molecule has 0 bridgehead atoms. The summed E-state index contributed by atoms with van der Waals surface area (Å²) in [4.78, 5) is 16.7. The van der Waals surface area contributed by atoms with Crippen molar-refractivity contribution in [2.24, 2.45) is 0 Å². The lowest BCUT2D eigenvalue weighted by molar-refractivity contribution is 0.0695. The first-order chi connectivity index (χ1) is 12.1. The van der Waals surface area contributed by atoms with Crippen LogP contribution in [0.25, 0.3) is 0 Å². The molecule has 0 fully saturated rings. The van der Waals surface area contributed by atoms with Gasteiger partial charge in [-0.3, -0.25) is 4.79 Å². The maximum Gasteiger partial charge on any atom is 0.257 e. The maximum absolute atomic E-state index is 12.8. The molecule has 0 saturated carbocycles. The minimum absolute atomic E-state index is 0.0631. The summed E-state index contributed by atoms with van der Waals surface area (Å²) in [6.07, 6.45) is -0.164. The van der Waals surface area contributed by atoms with Gasteiger partial charge in [0.1, 0.15) is 18.5 Å². The van der Waals surface area contributed by atoms with Crippen molar-refractivity contribution in [1.29, 1.82) is 0 Å². The largest absolute Gasteiger partial charge is 0.492 e. The van der Waals surface area contributed by atoms with Gasteiger partial charge < -0.3 is 19.9 Å². The highest BCUT2D eigenvalue weighted by atomic mass is 16.5. The van der Waals surface area contributed by atoms with E-state index in [0.717, 1.165) is 29.1 Å². The van der Waals surface area contributed by atoms with Crippen molar-refractivity contribution in [1.82, 2.24) is 9.80 Å². The molecule has 5 nitrogen and oxygen atoms in total. The highest BCUT2D eigenvalue weighted by Crippen LogP contribution is 2.33. The number of hydrogen-bond donors (Lipinski definition) is 1. The van der Waals surface area contributed by atoms with E-state index in [1.54, 1.807) is 0 Å². The number of anilines is 1. The fourth-order valence-corrected chi connectivity index (χ4v) is 2.97. The SMILES string of the molecule is CCN1C(=O)c2ccccc2N[C@H]1c1ccc(OCCN(C)C)cc1. The molecule has 3 rings (SSSR count). The smallest absolute Gasteiger partial charge is 0.257 e. The number of benzene rings is 2. The monoisotopic (exact) mass is 339 g/mol. The number of carbonyl (C=O) groups is 1. The third-order valence-corrected chi connectivity index (χ3v) is 4.37. The topological polar surface area (TPSA) is 44.8 Å². The predicted octanol–water partition coefficient (Wildman–Crippen LogP) is 3.21. The number of amides is 1. The van der Waals surface area contributed by atoms with Gasteiger partial charge in [0.2, 0.25) is 0 Å². The van der Waals surface area contributed by atoms with Crippen LogP contribution in [0.3, 0.4) is 0 Å². The number of fused-ring (bicyclic) bond motifs is 1. The van der Waals surface area contributed by atoms with Crippen LogP contribution in [0.4, 0.5) is 5.69 Å². The molecule has 0 radical (unpaired) electrons. The van der Waals surface area contributed by atoms with Crippen LogP contribution in [-0.4, -0.2) is 49.5 Å². The Kier molecular flexibility index (Phi) is 5.24. The molecule has 1 aliphatic rings. The van der Waals surface area contributed by atoms with E-state index in [1.807, 2.05) is 74.4 Å². The molecule has 0 spiro atoms. The van der Waals surface area contributed by atoms with Gasteiger partial charge in [-0.25, -0.2) is 0 Å². The molecule has 0 aliphatic carbocycles. The molecule has 132 valence electrons. The Hall–Kier alpha value is -2.53. The summed E-state index contributed by atoms with van der Waals surface area (Å²) in [5, 5.41) is 3.48. The van der Waals surface area contributed by atoms with Crippen LogP contribution >= 0.6 is 0 Å². The zero-order valence-electron chi connectivity index (χ0n) is 15.0. The fourth-order valence-electron chi connectivity index (χ4n) is 2.97. The predicted molar refractivity (Wildman–Crippen MR) is 100 cm³/mol. The molecule has 1 atom stereocenters. The van der Waals surface area contributed by atoms with Gasteiger partial charge in [-0.15, -0.1) is 0 Å². The van der Waals surface area contributed by atoms with Crippen LogP contribution in [0, 0.1) is 0 Å². The molecule has 2 aromatic carbocycles. The van der Waals surface area contributed by atoms with Gasteiger partial charge in [0.15, 0.2) is 0 Å². The Morgan fingerprint density at radius 3 is 2.52 bits per heavy atom. The van der Waals surface area contributed by atoms with Crippen LogP contribution in [0.15, 0.2) is 48.5 Å². The van der Waals surface area contributed by atoms with Crippen molar-refractivity contribution >= 4 is 11.6 Å². The van der Waals surface area contributed by atoms with Gasteiger partial charge in [-0.2, -0.15) is 0 Å². The summed E-state index contributed by atoms with van der Waals surface area (Å²) in [6, 6.07) is 15.6. The van der Waals surface area contributed by atoms with Crippen molar-refractivity contribution in [3.05, 3.63) is 59.7 Å². The average Bonchev–Trinajstić information content (AvgIpc) is 2.62. The second kappa shape index (κ2) is 7.57. The van der Waals surface area contributed by atoms with Crippen LogP contribution in [0.2, 0.25) is 0 Å². The summed E-state index contributed by atoms with van der Waals surface area (Å²) in [5.74, 6) is 0.907. The lowest BCUT2D eigenvalue weighted by Crippen LogP contribution is -2.42. The van der Waals surface area contributed by atoms with E-state index in [4.69, 9.17) is 4.74 Å². The molecular formula is C20H25N3O2. The van der Waals surface area contributed by atoms with E-state index in [1.165, 1.54) is 0 Å². The number of nitrogens with zero attached hydrogens (tertiary/aromatic N) is 2. The van der Waals surface area contributed by atoms with Crippen LogP contribution < -0.4 is 10.1 Å². The minimum Gasteiger partial charge on any atom is -0.492 e. The first kappa shape index (κ1) is 17.3. The second-order valence-corrected chi connectivity index (χ2v) is 6.40. The van der Waals surface area contributed by atoms with Crippen LogP contribution in [0.5, 0.6) is 5.75 Å². The molecule has 1 heterocycles. The molecule has 0 aromatic heterocycles. The third kappa shape index (κ3) is 3.77. The van der Waals surface area contributed by atoms with Crippen LogP contribution in [0.1, 0.15) is 29.0 Å². The molecule has 1 aliphatic heterocycles. The third-order valence-electron chi connectivity index (χ3n) is 4.37. The van der Waals surface area contributed by atoms with Crippen molar-refractivity contribution < 1.29 is 9.53 Å². The molecule has 25 heavy (non-hydrogen) atoms. The Labute approximate surface area is 149 Å². The quantitative estimate of drug-likeness (QED) is 0.878. The molecule has 1 amide bonds. The lowest BCUT2D eigenvalue weighted by atomic mass is 10.0. The van der Waals surface area contributed by atoms with Gasteiger partial charge in [-0.05, 0) is 50.8 Å². The standard InChI is InChI=1S/C20H25N3O2/c1-4-23-19(21-18-8-6-5-7-17(18)20(23)24)15-9-11-16(12-10-15)25-14-13-22(2)3/h5-12,19,21H,4,13-14H2,1-3H3/t19-/m1/s1. The normalized spacial score (nSPS) is 16.6. The minimum atomic E-state index is -0.164. The Morgan fingerprint density at radius 2 is 1.84 bits per heavy atom. The van der Waals surface area contributed by atoms with Crippen molar-refractivity contribution in [3.8, 4) is 5.75 Å². The summed E-state index contributed by atoms with van der Waals surface area (Å²) >= 11 is 0. The summed E-state index contributed by atoms with van der Waals surface area (Å²) in [5.41, 5.74) is 2.66. The van der Waals surface area contributed by atoms with Gasteiger partial charge in [0, 0.05) is 18.8 Å². The molecule has 5 heteroatoms. The highest BCUT2D eigenvalue weighted by molar-refractivity contribution is 6.01. The first-order valence-corrected chi connectivity index (χ1v) is 8.64. The number of para-hydroxylation sites is 1. The number of carbonyl (C=O) groups excluding carboxylic acids is 1. The summed E-state index contributed by atoms with van der Waals surface area (Å²) in [6.45, 7) is 4.17. The number of likely N-dealkylation sites (N-methyl/N-ethyl adjacent to an activating group) is 1. The number of hydrogen-bond acceptors (Lipinski definition) is 4. The molecule has 0 unspecified atom stereocenters. The summed E-state index contributed by atoms with van der Waals surface area (Å²) < 4.78 is 5.75. The van der Waals surface area contributed by atoms with Crippen molar-refractivity contribution in [3.63, 3.8) is 0 Å². The van der Waals surface area contributed by atoms with Crippen molar-refractivity contribution in [2.75, 3.05) is 39.1 Å². The molecule has 0 saturated heterocycles. The number of ether oxygens (including phenoxy) is 1. The fraction of sp³-hybridized carbons (Fsp3) is 0.350. The highest BCUT2D eigenvalue weighted by Gasteiger charge is 2.31. The zero-order valence-corrected chi connectivity index (χ0v) is 15.0. The second-order valence-electron chi connectivity index (χ2n) is 6.40. The Morgan fingerprint density at radius 1 is 1.12 bits per heavy atom. The van der Waals surface area contributed by atoms with Gasteiger partial charge in [0.05, 0.1) is 5.56 Å². The molecular weight excluding hydrogens is 314 g/mol. The van der Waals surface area contributed by atoms with E-state index >= 15 is 0 Å². The Balaban J connectivity index is 1.77. The number of rotatable bonds is 6. The van der Waals surface area contributed by atoms with Gasteiger partial charge in [-0.1, -0.05) is 24.3 Å². The average molecular weight is 339 g/mol. The Bertz CT molecular complexity index is 728. The first-order valence-electron chi connectivity index (χ1n) is 8.64. The van der Waals surface area contributed by atoms with E-state index < -0.39 is 0 Å². The van der Waals surface area contributed by atoms with Gasteiger partial charge in [0.25, 0.3) is 5.91 Å². The summed E-state index contributed by atoms with van der Waals surface area (Å²) in [7, 11) is 4.05. The zero-order chi connectivity index (χ0) is 17.8. The van der Waals surface area contributed by atoms with E-state index in [9.17, 15) is 4.79 Å². The lowest BCUT2D eigenvalue weighted by Gasteiger charge is -2.37. The van der Waals surface area contributed by atoms with Gasteiger partial charge >= 0.3 is 0 Å². The maximum atomic E-state index is 12.8. The van der Waals surface area contributed by atoms with E-state index in [-0.39, 0.29) is 12.1 Å². The van der Waals surface area contributed by atoms with Crippen molar-refractivity contribution in [2.45, 2.75) is 13.1 Å². The van der Waals surface area contributed by atoms with E-state index in [2.05, 4.69) is 10.2 Å². The number of nitrogens with one attached hydrogen (secondary N) is 1. The molecule has 1 N–H and O–H groups in total. The van der Waals surface area contributed by atoms with E-state index in [0.29, 0.717) is 13.2 Å².